The molecular weight excluding hydrogens is 310 g/mol. The fourth-order valence-corrected chi connectivity index (χ4v) is 2.75. The number of rotatable bonds is 4. The van der Waals surface area contributed by atoms with Crippen LogP contribution in [0.1, 0.15) is 47.1 Å². The topological polar surface area (TPSA) is 113 Å². The maximum atomic E-state index is 12.3. The van der Waals surface area contributed by atoms with Gasteiger partial charge >= 0.3 is 0 Å². The van der Waals surface area contributed by atoms with Gasteiger partial charge in [-0.3, -0.25) is 20.0 Å². The lowest BCUT2D eigenvalue weighted by atomic mass is 9.96. The van der Waals surface area contributed by atoms with E-state index >= 15 is 0 Å². The molecule has 8 heteroatoms. The summed E-state index contributed by atoms with van der Waals surface area (Å²) in [5, 5.41) is 21.7. The van der Waals surface area contributed by atoms with E-state index in [9.17, 15) is 14.9 Å². The van der Waals surface area contributed by atoms with Gasteiger partial charge in [-0.2, -0.15) is 10.2 Å². The van der Waals surface area contributed by atoms with Gasteiger partial charge in [-0.05, 0) is 50.3 Å². The van der Waals surface area contributed by atoms with E-state index < -0.39 is 4.92 Å². The number of nitrogens with one attached hydrogen (secondary N) is 2. The van der Waals surface area contributed by atoms with Crippen molar-refractivity contribution in [2.24, 2.45) is 5.10 Å². The Kier molecular flexibility index (Phi) is 4.37. The minimum Gasteiger partial charge on any atom is -0.281 e. The zero-order valence-electron chi connectivity index (χ0n) is 13.2. The maximum absolute atomic E-state index is 12.3. The van der Waals surface area contributed by atoms with Gasteiger partial charge in [0.05, 0.1) is 10.6 Å². The monoisotopic (exact) mass is 327 g/mol. The quantitative estimate of drug-likeness (QED) is 0.509. The van der Waals surface area contributed by atoms with E-state index in [1.807, 2.05) is 0 Å². The molecule has 0 unspecified atom stereocenters. The first-order valence-electron chi connectivity index (χ1n) is 7.72. The number of nitrogens with zero attached hydrogens (tertiary/aromatic N) is 3. The molecule has 124 valence electrons. The number of nitro groups is 1. The summed E-state index contributed by atoms with van der Waals surface area (Å²) in [7, 11) is 0. The number of H-pyrrole nitrogens is 1. The molecule has 1 aromatic heterocycles. The molecule has 1 aliphatic rings. The van der Waals surface area contributed by atoms with Crippen molar-refractivity contribution in [3.05, 3.63) is 56.9 Å². The number of carbonyl (C=O) groups excluding carboxylic acids is 1. The van der Waals surface area contributed by atoms with Crippen molar-refractivity contribution >= 4 is 17.3 Å². The highest BCUT2D eigenvalue weighted by atomic mass is 16.6. The molecule has 0 aliphatic heterocycles. The highest BCUT2D eigenvalue weighted by Crippen LogP contribution is 2.22. The van der Waals surface area contributed by atoms with Crippen LogP contribution < -0.4 is 5.43 Å². The summed E-state index contributed by atoms with van der Waals surface area (Å²) in [5.74, 6) is -0.351. The van der Waals surface area contributed by atoms with Crippen LogP contribution >= 0.6 is 0 Å². The molecule has 0 spiro atoms. The zero-order valence-corrected chi connectivity index (χ0v) is 13.2. The van der Waals surface area contributed by atoms with E-state index in [-0.39, 0.29) is 11.6 Å². The van der Waals surface area contributed by atoms with Crippen LogP contribution in [0.5, 0.6) is 0 Å². The predicted octanol–water partition coefficient (Wildman–Crippen LogP) is 2.35. The van der Waals surface area contributed by atoms with Crippen LogP contribution in [0.3, 0.4) is 0 Å². The summed E-state index contributed by atoms with van der Waals surface area (Å²) < 4.78 is 0. The Hall–Kier alpha value is -3.03. The zero-order chi connectivity index (χ0) is 17.1. The Bertz CT molecular complexity index is 808. The Morgan fingerprint density at radius 3 is 2.71 bits per heavy atom. The SMILES string of the molecule is C/C(=N/NC(=O)c1n[nH]c2c1CCCC2)c1ccc([N+](=O)[O-])cc1. The van der Waals surface area contributed by atoms with Crippen molar-refractivity contribution in [2.75, 3.05) is 0 Å². The van der Waals surface area contributed by atoms with Crippen molar-refractivity contribution in [3.8, 4) is 0 Å². The van der Waals surface area contributed by atoms with Gasteiger partial charge in [0.15, 0.2) is 5.69 Å². The van der Waals surface area contributed by atoms with Crippen LogP contribution in [-0.2, 0) is 12.8 Å². The number of carbonyl (C=O) groups is 1. The first-order valence-corrected chi connectivity index (χ1v) is 7.72. The fraction of sp³-hybridized carbons (Fsp3) is 0.312. The summed E-state index contributed by atoms with van der Waals surface area (Å²) in [6, 6.07) is 6.00. The van der Waals surface area contributed by atoms with Crippen molar-refractivity contribution in [3.63, 3.8) is 0 Å². The predicted molar refractivity (Wildman–Crippen MR) is 88.0 cm³/mol. The van der Waals surface area contributed by atoms with Crippen molar-refractivity contribution < 1.29 is 9.72 Å². The van der Waals surface area contributed by atoms with Crippen LogP contribution in [0.2, 0.25) is 0 Å². The first kappa shape index (κ1) is 15.9. The number of aryl methyl sites for hydroxylation is 1. The molecule has 0 atom stereocenters. The Morgan fingerprint density at radius 1 is 1.29 bits per heavy atom. The molecule has 1 heterocycles. The lowest BCUT2D eigenvalue weighted by Crippen LogP contribution is -2.21. The van der Waals surface area contributed by atoms with Crippen LogP contribution in [0.4, 0.5) is 5.69 Å². The van der Waals surface area contributed by atoms with Crippen LogP contribution in [0.15, 0.2) is 29.4 Å². The first-order chi connectivity index (χ1) is 11.6. The molecule has 2 aromatic rings. The van der Waals surface area contributed by atoms with Crippen LogP contribution in [-0.4, -0.2) is 26.7 Å². The molecule has 0 bridgehead atoms. The van der Waals surface area contributed by atoms with Gasteiger partial charge in [0.1, 0.15) is 0 Å². The molecule has 0 saturated carbocycles. The molecular formula is C16H17N5O3. The van der Waals surface area contributed by atoms with Crippen molar-refractivity contribution in [1.29, 1.82) is 0 Å². The smallest absolute Gasteiger partial charge is 0.281 e. The number of aromatic nitrogens is 2. The molecule has 0 radical (unpaired) electrons. The number of aromatic amines is 1. The number of nitro benzene ring substituents is 1. The highest BCUT2D eigenvalue weighted by Gasteiger charge is 2.21. The molecule has 1 aromatic carbocycles. The van der Waals surface area contributed by atoms with Crippen LogP contribution in [0, 0.1) is 10.1 Å². The molecule has 0 saturated heterocycles. The van der Waals surface area contributed by atoms with Gasteiger partial charge in [0, 0.05) is 23.4 Å². The summed E-state index contributed by atoms with van der Waals surface area (Å²) in [4.78, 5) is 22.5. The van der Waals surface area contributed by atoms with Gasteiger partial charge in [0.2, 0.25) is 0 Å². The normalized spacial score (nSPS) is 14.1. The summed E-state index contributed by atoms with van der Waals surface area (Å²) in [6.45, 7) is 1.72. The van der Waals surface area contributed by atoms with E-state index in [1.54, 1.807) is 19.1 Å². The average molecular weight is 327 g/mol. The number of amides is 1. The third kappa shape index (κ3) is 3.17. The van der Waals surface area contributed by atoms with Crippen molar-refractivity contribution in [2.45, 2.75) is 32.6 Å². The van der Waals surface area contributed by atoms with Gasteiger partial charge < -0.3 is 0 Å². The summed E-state index contributed by atoms with van der Waals surface area (Å²) in [6.07, 6.45) is 3.92. The Labute approximate surface area is 138 Å². The minimum absolute atomic E-state index is 0.0127. The minimum atomic E-state index is -0.460. The lowest BCUT2D eigenvalue weighted by Gasteiger charge is -2.10. The molecule has 3 rings (SSSR count). The molecule has 8 nitrogen and oxygen atoms in total. The van der Waals surface area contributed by atoms with Crippen LogP contribution in [0.25, 0.3) is 0 Å². The van der Waals surface area contributed by atoms with Crippen molar-refractivity contribution in [1.82, 2.24) is 15.6 Å². The number of hydrogen-bond donors (Lipinski definition) is 2. The van der Waals surface area contributed by atoms with Gasteiger partial charge in [-0.25, -0.2) is 5.43 Å². The van der Waals surface area contributed by atoms with E-state index in [4.69, 9.17) is 0 Å². The summed E-state index contributed by atoms with van der Waals surface area (Å²) in [5.41, 5.74) is 6.17. The second-order valence-corrected chi connectivity index (χ2v) is 5.68. The molecule has 24 heavy (non-hydrogen) atoms. The van der Waals surface area contributed by atoms with E-state index in [2.05, 4.69) is 20.7 Å². The third-order valence-electron chi connectivity index (χ3n) is 4.09. The van der Waals surface area contributed by atoms with E-state index in [0.717, 1.165) is 36.9 Å². The average Bonchev–Trinajstić information content (AvgIpc) is 3.03. The molecule has 1 aliphatic carbocycles. The molecule has 0 fully saturated rings. The number of non-ortho nitro benzene ring substituents is 1. The van der Waals surface area contributed by atoms with E-state index in [1.165, 1.54) is 12.1 Å². The van der Waals surface area contributed by atoms with Gasteiger partial charge in [-0.1, -0.05) is 0 Å². The lowest BCUT2D eigenvalue weighted by molar-refractivity contribution is -0.384. The van der Waals surface area contributed by atoms with Gasteiger partial charge in [0.25, 0.3) is 11.6 Å². The summed E-state index contributed by atoms with van der Waals surface area (Å²) >= 11 is 0. The second-order valence-electron chi connectivity index (χ2n) is 5.68. The van der Waals surface area contributed by atoms with Gasteiger partial charge in [-0.15, -0.1) is 0 Å². The third-order valence-corrected chi connectivity index (χ3v) is 4.09. The largest absolute Gasteiger partial charge is 0.292 e. The maximum Gasteiger partial charge on any atom is 0.292 e. The fourth-order valence-electron chi connectivity index (χ4n) is 2.75. The number of benzene rings is 1. The van der Waals surface area contributed by atoms with E-state index in [0.29, 0.717) is 17.0 Å². The standard InChI is InChI=1S/C16H17N5O3/c1-10(11-6-8-12(9-7-11)21(23)24)17-20-16(22)15-13-4-2-3-5-14(13)18-19-15/h6-9H,2-5H2,1H3,(H,18,19)(H,20,22)/b17-10-. The Balaban J connectivity index is 1.71. The Morgan fingerprint density at radius 2 is 2.00 bits per heavy atom. The number of hydrazone groups is 1. The number of fused-ring (bicyclic) bond motifs is 1. The number of hydrogen-bond acceptors (Lipinski definition) is 5. The molecule has 2 N–H and O–H groups in total. The second kappa shape index (κ2) is 6.61. The molecule has 1 amide bonds. The highest BCUT2D eigenvalue weighted by molar-refractivity contribution is 6.00.